The zero-order chi connectivity index (χ0) is 10.6. The third-order valence-electron chi connectivity index (χ3n) is 1.80. The van der Waals surface area contributed by atoms with Crippen molar-refractivity contribution < 1.29 is 4.79 Å². The molecule has 1 aromatic rings. The number of amides is 1. The van der Waals surface area contributed by atoms with E-state index in [2.05, 4.69) is 6.92 Å². The van der Waals surface area contributed by atoms with Crippen molar-refractivity contribution in [3.05, 3.63) is 29.8 Å². The first-order valence-corrected chi connectivity index (χ1v) is 5.58. The maximum atomic E-state index is 11.6. The quantitative estimate of drug-likeness (QED) is 0.713. The van der Waals surface area contributed by atoms with Gasteiger partial charge in [0.15, 0.2) is 0 Å². The van der Waals surface area contributed by atoms with Crippen LogP contribution in [0.15, 0.2) is 29.2 Å². The first kappa shape index (κ1) is 11.1. The summed E-state index contributed by atoms with van der Waals surface area (Å²) in [5.41, 5.74) is 0.758. The average Bonchev–Trinajstić information content (AvgIpc) is 2.17. The molecule has 0 N–H and O–H groups in total. The molecule has 0 saturated heterocycles. The molecule has 0 heterocycles. The Bertz CT molecular complexity index is 323. The van der Waals surface area contributed by atoms with Crippen LogP contribution in [0.3, 0.4) is 0 Å². The molecule has 0 spiro atoms. The molecule has 0 atom stereocenters. The van der Waals surface area contributed by atoms with Gasteiger partial charge in [-0.1, -0.05) is 13.0 Å². The molecule has 0 bridgehead atoms. The van der Waals surface area contributed by atoms with Gasteiger partial charge in [0, 0.05) is 24.6 Å². The van der Waals surface area contributed by atoms with Gasteiger partial charge in [0.05, 0.1) is 0 Å². The molecule has 0 fully saturated rings. The highest BCUT2D eigenvalue weighted by Gasteiger charge is 2.07. The fraction of sp³-hybridized carbons (Fsp3) is 0.364. The van der Waals surface area contributed by atoms with Crippen molar-refractivity contribution in [1.82, 2.24) is 4.90 Å². The number of carbonyl (C=O) groups is 1. The molecular formula is C11H15NOS. The zero-order valence-electron chi connectivity index (χ0n) is 8.78. The van der Waals surface area contributed by atoms with E-state index in [1.807, 2.05) is 24.3 Å². The summed E-state index contributed by atoms with van der Waals surface area (Å²) in [5.74, 6) is 1.09. The Labute approximate surface area is 89.3 Å². The topological polar surface area (TPSA) is 20.3 Å². The molecule has 1 amide bonds. The Hall–Kier alpha value is -0.960. The summed E-state index contributed by atoms with van der Waals surface area (Å²) in [6.45, 7) is 2.10. The lowest BCUT2D eigenvalue weighted by Crippen LogP contribution is -2.21. The first-order valence-electron chi connectivity index (χ1n) is 4.59. The first-order chi connectivity index (χ1) is 6.65. The number of benzene rings is 1. The van der Waals surface area contributed by atoms with Crippen molar-refractivity contribution in [2.24, 2.45) is 0 Å². The van der Waals surface area contributed by atoms with Crippen molar-refractivity contribution in [2.75, 3.05) is 19.8 Å². The number of rotatable bonds is 3. The van der Waals surface area contributed by atoms with Crippen molar-refractivity contribution >= 4 is 17.7 Å². The molecule has 3 heteroatoms. The molecule has 0 aliphatic carbocycles. The normalized spacial score (nSPS) is 9.93. The summed E-state index contributed by atoms with van der Waals surface area (Å²) in [5, 5.41) is 0. The number of hydrogen-bond donors (Lipinski definition) is 0. The highest BCUT2D eigenvalue weighted by Crippen LogP contribution is 2.18. The summed E-state index contributed by atoms with van der Waals surface area (Å²) in [7, 11) is 3.53. The highest BCUT2D eigenvalue weighted by atomic mass is 32.2. The van der Waals surface area contributed by atoms with Crippen LogP contribution in [0.1, 0.15) is 17.3 Å². The van der Waals surface area contributed by atoms with E-state index in [4.69, 9.17) is 0 Å². The monoisotopic (exact) mass is 209 g/mol. The van der Waals surface area contributed by atoms with Crippen LogP contribution in [0.5, 0.6) is 0 Å². The van der Waals surface area contributed by atoms with Crippen LogP contribution in [0.4, 0.5) is 0 Å². The molecule has 2 nitrogen and oxygen atoms in total. The lowest BCUT2D eigenvalue weighted by Gasteiger charge is -2.10. The van der Waals surface area contributed by atoms with E-state index >= 15 is 0 Å². The molecule has 0 radical (unpaired) electrons. The maximum absolute atomic E-state index is 11.6. The standard InChI is InChI=1S/C11H15NOS/c1-4-14-10-7-5-6-9(8-10)11(13)12(2)3/h5-8H,4H2,1-3H3. The van der Waals surface area contributed by atoms with Gasteiger partial charge in [-0.25, -0.2) is 0 Å². The van der Waals surface area contributed by atoms with Crippen LogP contribution in [0.25, 0.3) is 0 Å². The summed E-state index contributed by atoms with van der Waals surface area (Å²) in [4.78, 5) is 14.4. The van der Waals surface area contributed by atoms with Gasteiger partial charge in [-0.15, -0.1) is 11.8 Å². The van der Waals surface area contributed by atoms with Crippen LogP contribution in [-0.2, 0) is 0 Å². The zero-order valence-corrected chi connectivity index (χ0v) is 9.60. The highest BCUT2D eigenvalue weighted by molar-refractivity contribution is 7.99. The van der Waals surface area contributed by atoms with E-state index in [1.54, 1.807) is 30.8 Å². The second kappa shape index (κ2) is 5.05. The van der Waals surface area contributed by atoms with Gasteiger partial charge in [-0.2, -0.15) is 0 Å². The van der Waals surface area contributed by atoms with Gasteiger partial charge in [0.25, 0.3) is 5.91 Å². The van der Waals surface area contributed by atoms with Crippen LogP contribution in [-0.4, -0.2) is 30.7 Å². The Morgan fingerprint density at radius 2 is 2.14 bits per heavy atom. The van der Waals surface area contributed by atoms with E-state index in [1.165, 1.54) is 0 Å². The van der Waals surface area contributed by atoms with Crippen molar-refractivity contribution in [3.63, 3.8) is 0 Å². The van der Waals surface area contributed by atoms with Gasteiger partial charge >= 0.3 is 0 Å². The second-order valence-electron chi connectivity index (χ2n) is 3.16. The van der Waals surface area contributed by atoms with Crippen LogP contribution < -0.4 is 0 Å². The Balaban J connectivity index is 2.88. The molecule has 0 aliphatic heterocycles. The largest absolute Gasteiger partial charge is 0.345 e. The molecule has 1 rings (SSSR count). The lowest BCUT2D eigenvalue weighted by atomic mass is 10.2. The van der Waals surface area contributed by atoms with E-state index in [-0.39, 0.29) is 5.91 Å². The Morgan fingerprint density at radius 1 is 1.43 bits per heavy atom. The molecular weight excluding hydrogens is 194 g/mol. The minimum Gasteiger partial charge on any atom is -0.345 e. The smallest absolute Gasteiger partial charge is 0.253 e. The number of hydrogen-bond acceptors (Lipinski definition) is 2. The van der Waals surface area contributed by atoms with Gasteiger partial charge in [0.1, 0.15) is 0 Å². The fourth-order valence-corrected chi connectivity index (χ4v) is 1.86. The summed E-state index contributed by atoms with van der Waals surface area (Å²) in [6, 6.07) is 7.74. The summed E-state index contributed by atoms with van der Waals surface area (Å²) >= 11 is 1.75. The van der Waals surface area contributed by atoms with Gasteiger partial charge in [-0.05, 0) is 24.0 Å². The van der Waals surface area contributed by atoms with Crippen molar-refractivity contribution in [3.8, 4) is 0 Å². The minimum atomic E-state index is 0.0588. The van der Waals surface area contributed by atoms with Crippen molar-refractivity contribution in [2.45, 2.75) is 11.8 Å². The maximum Gasteiger partial charge on any atom is 0.253 e. The summed E-state index contributed by atoms with van der Waals surface area (Å²) < 4.78 is 0. The fourth-order valence-electron chi connectivity index (χ4n) is 1.14. The summed E-state index contributed by atoms with van der Waals surface area (Å²) in [6.07, 6.45) is 0. The van der Waals surface area contributed by atoms with Gasteiger partial charge < -0.3 is 4.90 Å². The van der Waals surface area contributed by atoms with Crippen LogP contribution in [0.2, 0.25) is 0 Å². The van der Waals surface area contributed by atoms with Crippen LogP contribution >= 0.6 is 11.8 Å². The predicted octanol–water partition coefficient (Wildman–Crippen LogP) is 2.50. The predicted molar refractivity (Wildman–Crippen MR) is 60.9 cm³/mol. The van der Waals surface area contributed by atoms with Crippen LogP contribution in [0, 0.1) is 0 Å². The molecule has 0 unspecified atom stereocenters. The van der Waals surface area contributed by atoms with E-state index < -0.39 is 0 Å². The van der Waals surface area contributed by atoms with E-state index in [0.717, 1.165) is 16.2 Å². The Morgan fingerprint density at radius 3 is 2.71 bits per heavy atom. The lowest BCUT2D eigenvalue weighted by molar-refractivity contribution is 0.0827. The number of nitrogens with zero attached hydrogens (tertiary/aromatic N) is 1. The molecule has 0 saturated carbocycles. The van der Waals surface area contributed by atoms with Crippen molar-refractivity contribution in [1.29, 1.82) is 0 Å². The molecule has 14 heavy (non-hydrogen) atoms. The second-order valence-corrected chi connectivity index (χ2v) is 4.50. The number of carbonyl (C=O) groups excluding carboxylic acids is 1. The molecule has 0 aromatic heterocycles. The van der Waals surface area contributed by atoms with Gasteiger partial charge in [-0.3, -0.25) is 4.79 Å². The third kappa shape index (κ3) is 2.77. The molecule has 76 valence electrons. The average molecular weight is 209 g/mol. The third-order valence-corrected chi connectivity index (χ3v) is 2.67. The Kier molecular flexibility index (Phi) is 4.01. The molecule has 1 aromatic carbocycles. The van der Waals surface area contributed by atoms with E-state index in [9.17, 15) is 4.79 Å². The molecule has 0 aliphatic rings. The van der Waals surface area contributed by atoms with Gasteiger partial charge in [0.2, 0.25) is 0 Å². The SMILES string of the molecule is CCSc1cccc(C(=O)N(C)C)c1. The van der Waals surface area contributed by atoms with E-state index in [0.29, 0.717) is 0 Å². The minimum absolute atomic E-state index is 0.0588. The number of thioether (sulfide) groups is 1.